The first kappa shape index (κ1) is 12.8. The maximum absolute atomic E-state index is 10.4. The number of aliphatic hydroxyl groups is 1. The molecule has 0 saturated carbocycles. The molecule has 0 unspecified atom stereocenters. The van der Waals surface area contributed by atoms with Crippen LogP contribution in [0.5, 0.6) is 0 Å². The number of hydrogen-bond acceptors (Lipinski definition) is 4. The summed E-state index contributed by atoms with van der Waals surface area (Å²) in [5, 5.41) is 28.4. The van der Waals surface area contributed by atoms with Crippen LogP contribution in [-0.4, -0.2) is 29.0 Å². The molecule has 0 radical (unpaired) electrons. The lowest BCUT2D eigenvalue weighted by Gasteiger charge is -2.15. The lowest BCUT2D eigenvalue weighted by Crippen LogP contribution is -2.38. The Morgan fingerprint density at radius 1 is 1.59 bits per heavy atom. The number of nitrogens with one attached hydrogen (secondary N) is 1. The van der Waals surface area contributed by atoms with E-state index in [0.29, 0.717) is 16.8 Å². The SMILES string of the molecule is N#Cc1ccc(C[C@H](CO)NC(=O)O)c(N)c1. The van der Waals surface area contributed by atoms with E-state index in [1.165, 1.54) is 6.07 Å². The maximum atomic E-state index is 10.4. The second-order valence-electron chi connectivity index (χ2n) is 3.56. The molecule has 0 bridgehead atoms. The van der Waals surface area contributed by atoms with Crippen LogP contribution in [0.15, 0.2) is 18.2 Å². The Bertz CT molecular complexity index is 454. The smallest absolute Gasteiger partial charge is 0.404 e. The summed E-state index contributed by atoms with van der Waals surface area (Å²) in [6.07, 6.45) is -0.920. The highest BCUT2D eigenvalue weighted by Gasteiger charge is 2.12. The molecule has 1 atom stereocenters. The summed E-state index contributed by atoms with van der Waals surface area (Å²) < 4.78 is 0. The van der Waals surface area contributed by atoms with Crippen molar-refractivity contribution in [1.29, 1.82) is 5.26 Å². The molecule has 90 valence electrons. The summed E-state index contributed by atoms with van der Waals surface area (Å²) in [6.45, 7) is -0.314. The number of carboxylic acid groups (broad SMARTS) is 1. The van der Waals surface area contributed by atoms with Crippen LogP contribution in [0.25, 0.3) is 0 Å². The molecular weight excluding hydrogens is 222 g/mol. The quantitative estimate of drug-likeness (QED) is 0.560. The summed E-state index contributed by atoms with van der Waals surface area (Å²) in [6, 6.07) is 6.12. The number of nitrogens with two attached hydrogens (primary N) is 1. The number of rotatable bonds is 4. The van der Waals surface area contributed by atoms with Crippen LogP contribution >= 0.6 is 0 Å². The molecule has 0 aliphatic rings. The second kappa shape index (κ2) is 5.72. The standard InChI is InChI=1S/C11H13N3O3/c12-5-7-1-2-8(10(13)3-7)4-9(6-15)14-11(16)17/h1-3,9,14-15H,4,6,13H2,(H,16,17)/t9-/m1/s1. The molecule has 5 N–H and O–H groups in total. The van der Waals surface area contributed by atoms with Crippen molar-refractivity contribution in [3.05, 3.63) is 29.3 Å². The first-order valence-electron chi connectivity index (χ1n) is 4.95. The molecule has 0 aliphatic heterocycles. The molecule has 0 aliphatic carbocycles. The van der Waals surface area contributed by atoms with Gasteiger partial charge in [-0.2, -0.15) is 5.26 Å². The van der Waals surface area contributed by atoms with Crippen molar-refractivity contribution in [3.63, 3.8) is 0 Å². The topological polar surface area (TPSA) is 119 Å². The Kier molecular flexibility index (Phi) is 4.31. The van der Waals surface area contributed by atoms with Gasteiger partial charge in [-0.15, -0.1) is 0 Å². The van der Waals surface area contributed by atoms with Gasteiger partial charge in [0.2, 0.25) is 0 Å². The zero-order valence-electron chi connectivity index (χ0n) is 9.05. The third-order valence-electron chi connectivity index (χ3n) is 2.29. The average Bonchev–Trinajstić information content (AvgIpc) is 2.29. The molecule has 0 fully saturated rings. The molecule has 0 aromatic heterocycles. The minimum absolute atomic E-state index is 0.278. The minimum Gasteiger partial charge on any atom is -0.465 e. The normalized spacial score (nSPS) is 11.5. The van der Waals surface area contributed by atoms with E-state index >= 15 is 0 Å². The summed E-state index contributed by atoms with van der Waals surface area (Å²) in [4.78, 5) is 10.4. The lowest BCUT2D eigenvalue weighted by atomic mass is 10.0. The van der Waals surface area contributed by atoms with E-state index < -0.39 is 12.1 Å². The number of nitrogen functional groups attached to an aromatic ring is 1. The highest BCUT2D eigenvalue weighted by molar-refractivity contribution is 5.65. The van der Waals surface area contributed by atoms with Crippen LogP contribution in [0.4, 0.5) is 10.5 Å². The first-order chi connectivity index (χ1) is 8.06. The number of aliphatic hydroxyl groups excluding tert-OH is 1. The van der Waals surface area contributed by atoms with Gasteiger partial charge in [-0.3, -0.25) is 0 Å². The predicted octanol–water partition coefficient (Wildman–Crippen LogP) is 0.311. The number of nitrogens with zero attached hydrogens (tertiary/aromatic N) is 1. The van der Waals surface area contributed by atoms with Gasteiger partial charge in [0.15, 0.2) is 0 Å². The lowest BCUT2D eigenvalue weighted by molar-refractivity contribution is 0.177. The molecule has 1 aromatic rings. The fourth-order valence-electron chi connectivity index (χ4n) is 1.45. The number of amides is 1. The van der Waals surface area contributed by atoms with Crippen LogP contribution in [0.1, 0.15) is 11.1 Å². The Morgan fingerprint density at radius 2 is 2.29 bits per heavy atom. The monoisotopic (exact) mass is 235 g/mol. The first-order valence-corrected chi connectivity index (χ1v) is 4.95. The molecule has 0 saturated heterocycles. The van der Waals surface area contributed by atoms with Crippen LogP contribution in [0, 0.1) is 11.3 Å². The largest absolute Gasteiger partial charge is 0.465 e. The van der Waals surface area contributed by atoms with Crippen LogP contribution in [0.3, 0.4) is 0 Å². The summed E-state index contributed by atoms with van der Waals surface area (Å²) in [5.41, 5.74) is 7.27. The third kappa shape index (κ3) is 3.66. The molecular formula is C11H13N3O3. The van der Waals surface area contributed by atoms with Crippen molar-refractivity contribution in [2.75, 3.05) is 12.3 Å². The predicted molar refractivity (Wildman–Crippen MR) is 61.3 cm³/mol. The van der Waals surface area contributed by atoms with Gasteiger partial charge >= 0.3 is 6.09 Å². The van der Waals surface area contributed by atoms with Crippen molar-refractivity contribution in [2.45, 2.75) is 12.5 Å². The molecule has 1 rings (SSSR count). The zero-order chi connectivity index (χ0) is 12.8. The van der Waals surface area contributed by atoms with Crippen molar-refractivity contribution in [2.24, 2.45) is 0 Å². The summed E-state index contributed by atoms with van der Waals surface area (Å²) in [7, 11) is 0. The molecule has 0 spiro atoms. The molecule has 0 heterocycles. The molecule has 1 aromatic carbocycles. The van der Waals surface area contributed by atoms with Crippen molar-refractivity contribution in [3.8, 4) is 6.07 Å². The zero-order valence-corrected chi connectivity index (χ0v) is 9.05. The van der Waals surface area contributed by atoms with Gasteiger partial charge in [-0.1, -0.05) is 6.07 Å². The number of benzene rings is 1. The Labute approximate surface area is 98.3 Å². The average molecular weight is 235 g/mol. The van der Waals surface area contributed by atoms with Crippen LogP contribution < -0.4 is 11.1 Å². The summed E-state index contributed by atoms with van der Waals surface area (Å²) >= 11 is 0. The number of anilines is 1. The summed E-state index contributed by atoms with van der Waals surface area (Å²) in [5.74, 6) is 0. The number of hydrogen-bond donors (Lipinski definition) is 4. The Hall–Kier alpha value is -2.26. The molecule has 1 amide bonds. The Morgan fingerprint density at radius 3 is 2.76 bits per heavy atom. The molecule has 17 heavy (non-hydrogen) atoms. The van der Waals surface area contributed by atoms with E-state index in [-0.39, 0.29) is 13.0 Å². The number of carbonyl (C=O) groups is 1. The van der Waals surface area contributed by atoms with E-state index in [2.05, 4.69) is 5.32 Å². The van der Waals surface area contributed by atoms with Gasteiger partial charge in [-0.25, -0.2) is 4.79 Å². The van der Waals surface area contributed by atoms with Gasteiger partial charge < -0.3 is 21.3 Å². The van der Waals surface area contributed by atoms with E-state index in [1.54, 1.807) is 12.1 Å². The third-order valence-corrected chi connectivity index (χ3v) is 2.29. The number of nitriles is 1. The highest BCUT2D eigenvalue weighted by Crippen LogP contribution is 2.15. The van der Waals surface area contributed by atoms with Gasteiger partial charge in [0.25, 0.3) is 0 Å². The van der Waals surface area contributed by atoms with E-state index in [1.807, 2.05) is 6.07 Å². The van der Waals surface area contributed by atoms with E-state index in [0.717, 1.165) is 0 Å². The van der Waals surface area contributed by atoms with Crippen molar-refractivity contribution < 1.29 is 15.0 Å². The van der Waals surface area contributed by atoms with Crippen LogP contribution in [0.2, 0.25) is 0 Å². The van der Waals surface area contributed by atoms with Crippen LogP contribution in [-0.2, 0) is 6.42 Å². The van der Waals surface area contributed by atoms with E-state index in [9.17, 15) is 4.79 Å². The van der Waals surface area contributed by atoms with Crippen molar-refractivity contribution >= 4 is 11.8 Å². The molecule has 6 heteroatoms. The van der Waals surface area contributed by atoms with Gasteiger partial charge in [0.1, 0.15) is 0 Å². The minimum atomic E-state index is -1.20. The van der Waals surface area contributed by atoms with Gasteiger partial charge in [-0.05, 0) is 24.1 Å². The highest BCUT2D eigenvalue weighted by atomic mass is 16.4. The fraction of sp³-hybridized carbons (Fsp3) is 0.273. The van der Waals surface area contributed by atoms with Gasteiger partial charge in [0, 0.05) is 5.69 Å². The fourth-order valence-corrected chi connectivity index (χ4v) is 1.45. The maximum Gasteiger partial charge on any atom is 0.404 e. The Balaban J connectivity index is 2.80. The van der Waals surface area contributed by atoms with Crippen molar-refractivity contribution in [1.82, 2.24) is 5.32 Å². The second-order valence-corrected chi connectivity index (χ2v) is 3.56. The molecule has 6 nitrogen and oxygen atoms in total. The van der Waals surface area contributed by atoms with Gasteiger partial charge in [0.05, 0.1) is 24.3 Å². The van der Waals surface area contributed by atoms with E-state index in [4.69, 9.17) is 21.2 Å².